The highest BCUT2D eigenvalue weighted by atomic mass is 16.5. The van der Waals surface area contributed by atoms with E-state index in [1.807, 2.05) is 0 Å². The Morgan fingerprint density at radius 3 is 1.71 bits per heavy atom. The third-order valence-corrected chi connectivity index (χ3v) is 0.699. The van der Waals surface area contributed by atoms with Gasteiger partial charge < -0.3 is 9.22 Å². The summed E-state index contributed by atoms with van der Waals surface area (Å²) in [6.07, 6.45) is -0.103. The topological polar surface area (TPSA) is 43.4 Å². The van der Waals surface area contributed by atoms with Crippen LogP contribution in [0.5, 0.6) is 0 Å². The number of nitrogens with zero attached hydrogens (tertiary/aromatic N) is 1. The van der Waals surface area contributed by atoms with Crippen molar-refractivity contribution in [3.8, 4) is 0 Å². The summed E-state index contributed by atoms with van der Waals surface area (Å²) in [7, 11) is 8.50. The largest absolute Gasteiger partial charge is 0.466 e. The number of quaternary nitrogens is 1. The van der Waals surface area contributed by atoms with Crippen LogP contribution in [0.1, 0.15) is 20.3 Å². The lowest BCUT2D eigenvalue weighted by atomic mass is 10.3. The zero-order chi connectivity index (χ0) is 11.8. The van der Waals surface area contributed by atoms with Gasteiger partial charge in [0.05, 0.1) is 34.8 Å². The molecule has 4 nitrogen and oxygen atoms in total. The third kappa shape index (κ3) is 30.4. The van der Waals surface area contributed by atoms with E-state index in [1.54, 1.807) is 6.92 Å². The quantitative estimate of drug-likeness (QED) is 0.389. The number of hydrogen-bond donors (Lipinski definition) is 0. The summed E-state index contributed by atoms with van der Waals surface area (Å²) < 4.78 is 5.49. The molecule has 0 unspecified atom stereocenters. The Labute approximate surface area is 86.4 Å². The van der Waals surface area contributed by atoms with Crippen molar-refractivity contribution in [2.45, 2.75) is 20.3 Å². The Bertz CT molecular complexity index is 176. The van der Waals surface area contributed by atoms with Gasteiger partial charge in [-0.1, -0.05) is 0 Å². The fourth-order valence-corrected chi connectivity index (χ4v) is 0.415. The van der Waals surface area contributed by atoms with Crippen LogP contribution in [-0.4, -0.2) is 51.0 Å². The Balaban J connectivity index is 0. The molecule has 0 spiro atoms. The van der Waals surface area contributed by atoms with Crippen LogP contribution in [0.15, 0.2) is 0 Å². The minimum absolute atomic E-state index is 0.103. The van der Waals surface area contributed by atoms with Crippen LogP contribution in [0.2, 0.25) is 0 Å². The van der Waals surface area contributed by atoms with Crippen LogP contribution < -0.4 is 0 Å². The minimum atomic E-state index is -0.440. The van der Waals surface area contributed by atoms with Crippen LogP contribution in [0.3, 0.4) is 0 Å². The summed E-state index contributed by atoms with van der Waals surface area (Å²) in [5.74, 6) is -0.599. The molecule has 0 bridgehead atoms. The summed E-state index contributed by atoms with van der Waals surface area (Å²) in [5.41, 5.74) is 0. The molecular formula is C10H22NO3+. The van der Waals surface area contributed by atoms with Crippen molar-refractivity contribution in [2.75, 3.05) is 34.8 Å². The first-order valence-corrected chi connectivity index (χ1v) is 4.60. The van der Waals surface area contributed by atoms with Crippen molar-refractivity contribution >= 4 is 11.8 Å². The van der Waals surface area contributed by atoms with Crippen molar-refractivity contribution in [1.82, 2.24) is 0 Å². The van der Waals surface area contributed by atoms with Gasteiger partial charge in [-0.2, -0.15) is 0 Å². The van der Waals surface area contributed by atoms with E-state index in [-0.39, 0.29) is 12.2 Å². The molecule has 0 atom stereocenters. The zero-order valence-electron chi connectivity index (χ0n) is 10.1. The summed E-state index contributed by atoms with van der Waals surface area (Å²) in [6.45, 7) is 3.40. The second kappa shape index (κ2) is 7.50. The van der Waals surface area contributed by atoms with Gasteiger partial charge in [-0.3, -0.25) is 9.59 Å². The highest BCUT2D eigenvalue weighted by molar-refractivity contribution is 5.94. The van der Waals surface area contributed by atoms with Gasteiger partial charge in [0.2, 0.25) is 0 Å². The lowest BCUT2D eigenvalue weighted by Crippen LogP contribution is -2.27. The molecule has 0 aromatic heterocycles. The molecule has 0 aliphatic heterocycles. The van der Waals surface area contributed by atoms with E-state index in [9.17, 15) is 9.59 Å². The highest BCUT2D eigenvalue weighted by Crippen LogP contribution is 1.86. The minimum Gasteiger partial charge on any atom is -0.466 e. The number of Topliss-reactive ketones (excluding diaryl/α,β-unsaturated/α-hetero) is 1. The standard InChI is InChI=1S/C6H10O3.C4H12N/c1-3-9-6(8)4-5(2)7;1-5(2,3)4/h3-4H2,1-2H3;1-4H3/q;+1. The van der Waals surface area contributed by atoms with Gasteiger partial charge >= 0.3 is 5.97 Å². The van der Waals surface area contributed by atoms with E-state index in [0.717, 1.165) is 4.48 Å². The van der Waals surface area contributed by atoms with Crippen LogP contribution in [-0.2, 0) is 14.3 Å². The fraction of sp³-hybridized carbons (Fsp3) is 0.800. The first kappa shape index (κ1) is 15.6. The smallest absolute Gasteiger partial charge is 0.313 e. The Morgan fingerprint density at radius 2 is 1.50 bits per heavy atom. The average Bonchev–Trinajstić information content (AvgIpc) is 1.80. The third-order valence-electron chi connectivity index (χ3n) is 0.699. The van der Waals surface area contributed by atoms with Crippen LogP contribution >= 0.6 is 0 Å². The van der Waals surface area contributed by atoms with E-state index in [0.29, 0.717) is 6.61 Å². The summed E-state index contributed by atoms with van der Waals surface area (Å²) >= 11 is 0. The zero-order valence-corrected chi connectivity index (χ0v) is 10.1. The number of rotatable bonds is 3. The molecule has 0 radical (unpaired) electrons. The number of ketones is 1. The van der Waals surface area contributed by atoms with E-state index in [4.69, 9.17) is 0 Å². The molecule has 84 valence electrons. The number of carbonyl (C=O) groups is 2. The predicted molar refractivity (Wildman–Crippen MR) is 55.9 cm³/mol. The van der Waals surface area contributed by atoms with E-state index in [1.165, 1.54) is 6.92 Å². The van der Waals surface area contributed by atoms with Crippen molar-refractivity contribution in [3.63, 3.8) is 0 Å². The molecule has 0 saturated heterocycles. The van der Waals surface area contributed by atoms with E-state index in [2.05, 4.69) is 32.9 Å². The molecule has 0 amide bonds. The summed E-state index contributed by atoms with van der Waals surface area (Å²) in [5, 5.41) is 0. The van der Waals surface area contributed by atoms with Gasteiger partial charge in [0.25, 0.3) is 0 Å². The van der Waals surface area contributed by atoms with Crippen molar-refractivity contribution < 1.29 is 18.8 Å². The first-order valence-electron chi connectivity index (χ1n) is 4.60. The highest BCUT2D eigenvalue weighted by Gasteiger charge is 2.03. The number of esters is 1. The SMILES string of the molecule is CCOC(=O)CC(C)=O.C[N+](C)(C)C. The Hall–Kier alpha value is -0.900. The lowest BCUT2D eigenvalue weighted by Gasteiger charge is -2.14. The van der Waals surface area contributed by atoms with Gasteiger partial charge in [0, 0.05) is 0 Å². The molecule has 0 aromatic rings. The Kier molecular flexibility index (Phi) is 8.34. The van der Waals surface area contributed by atoms with Crippen molar-refractivity contribution in [3.05, 3.63) is 0 Å². The summed E-state index contributed by atoms with van der Waals surface area (Å²) in [4.78, 5) is 20.6. The van der Waals surface area contributed by atoms with Crippen LogP contribution in [0.25, 0.3) is 0 Å². The maximum absolute atomic E-state index is 10.4. The van der Waals surface area contributed by atoms with Gasteiger partial charge in [-0.25, -0.2) is 0 Å². The second-order valence-electron chi connectivity index (χ2n) is 4.37. The number of carbonyl (C=O) groups excluding carboxylic acids is 2. The molecule has 0 fully saturated rings. The van der Waals surface area contributed by atoms with E-state index >= 15 is 0 Å². The first-order chi connectivity index (χ1) is 6.16. The maximum atomic E-state index is 10.4. The maximum Gasteiger partial charge on any atom is 0.313 e. The molecule has 0 aromatic carbocycles. The lowest BCUT2D eigenvalue weighted by molar-refractivity contribution is -0.849. The number of hydrogen-bond acceptors (Lipinski definition) is 3. The predicted octanol–water partition coefficient (Wildman–Crippen LogP) is 0.851. The Morgan fingerprint density at radius 1 is 1.14 bits per heavy atom. The van der Waals surface area contributed by atoms with Gasteiger partial charge in [-0.15, -0.1) is 0 Å². The van der Waals surface area contributed by atoms with Gasteiger partial charge in [-0.05, 0) is 13.8 Å². The van der Waals surface area contributed by atoms with Crippen LogP contribution in [0.4, 0.5) is 0 Å². The van der Waals surface area contributed by atoms with Crippen molar-refractivity contribution in [2.24, 2.45) is 0 Å². The molecule has 0 N–H and O–H groups in total. The van der Waals surface area contributed by atoms with Gasteiger partial charge in [0.1, 0.15) is 12.2 Å². The van der Waals surface area contributed by atoms with Crippen molar-refractivity contribution in [1.29, 1.82) is 0 Å². The molecule has 4 heteroatoms. The molecule has 0 aliphatic carbocycles. The second-order valence-corrected chi connectivity index (χ2v) is 4.37. The summed E-state index contributed by atoms with van der Waals surface area (Å²) in [6, 6.07) is 0. The molecular weight excluding hydrogens is 182 g/mol. The molecule has 0 aliphatic rings. The number of ether oxygens (including phenoxy) is 1. The van der Waals surface area contributed by atoms with Crippen LogP contribution in [0, 0.1) is 0 Å². The molecule has 0 saturated carbocycles. The average molecular weight is 204 g/mol. The normalized spacial score (nSPS) is 9.86. The molecule has 0 rings (SSSR count). The van der Waals surface area contributed by atoms with Gasteiger partial charge in [0.15, 0.2) is 0 Å². The van der Waals surface area contributed by atoms with E-state index < -0.39 is 5.97 Å². The monoisotopic (exact) mass is 204 g/mol. The molecule has 14 heavy (non-hydrogen) atoms. The fourth-order valence-electron chi connectivity index (χ4n) is 0.415. The molecule has 0 heterocycles.